The Morgan fingerprint density at radius 3 is 1.48 bits per heavy atom. The molecule has 3 aliphatic rings. The quantitative estimate of drug-likeness (QED) is 0.403. The summed E-state index contributed by atoms with van der Waals surface area (Å²) in [5.74, 6) is 0.192. The summed E-state index contributed by atoms with van der Waals surface area (Å²) < 4.78 is -1.76. The van der Waals surface area contributed by atoms with Crippen LogP contribution in [0.3, 0.4) is 0 Å². The fraction of sp³-hybridized carbons (Fsp3) is 0.368. The van der Waals surface area contributed by atoms with Gasteiger partial charge in [0.1, 0.15) is 0 Å². The van der Waals surface area contributed by atoms with E-state index in [1.807, 2.05) is 0 Å². The molecule has 0 saturated carbocycles. The van der Waals surface area contributed by atoms with Crippen molar-refractivity contribution in [2.24, 2.45) is 5.41 Å². The molecule has 0 heterocycles. The van der Waals surface area contributed by atoms with Gasteiger partial charge in [-0.05, 0) is 29.2 Å². The van der Waals surface area contributed by atoms with Crippen molar-refractivity contribution in [3.8, 4) is 0 Å². The first-order valence-corrected chi connectivity index (χ1v) is 9.57. The zero-order chi connectivity index (χ0) is 16.6. The number of fused-ring (bicyclic) bond motifs is 1. The Morgan fingerprint density at radius 2 is 1.13 bits per heavy atom. The van der Waals surface area contributed by atoms with E-state index in [0.717, 1.165) is 0 Å². The summed E-state index contributed by atoms with van der Waals surface area (Å²) in [7, 11) is 0. The first-order valence-electron chi connectivity index (χ1n) is 7.64. The Morgan fingerprint density at radius 1 is 0.783 bits per heavy atom. The van der Waals surface area contributed by atoms with Crippen LogP contribution in [-0.2, 0) is 0 Å². The standard InChI is InChI=1S/C19H16BrCl3/c1-17(19(21,22)23)15-11-7-3-5-9-13(11)16(18(17,2)20)14-10-6-4-8-12(14)15/h3-10,15-16H,1-2H3/t15?,16?,17-,18-/m0/s1. The Kier molecular flexibility index (Phi) is 3.47. The van der Waals surface area contributed by atoms with E-state index in [9.17, 15) is 0 Å². The number of rotatable bonds is 0. The largest absolute Gasteiger partial charge is 0.198 e. The summed E-state index contributed by atoms with van der Waals surface area (Å²) in [6, 6.07) is 17.1. The van der Waals surface area contributed by atoms with Gasteiger partial charge in [0.2, 0.25) is 0 Å². The van der Waals surface area contributed by atoms with E-state index in [1.165, 1.54) is 22.3 Å². The molecule has 2 aromatic carbocycles. The third-order valence-electron chi connectivity index (χ3n) is 5.96. The number of hydrogen-bond donors (Lipinski definition) is 0. The first-order chi connectivity index (χ1) is 10.7. The molecule has 2 bridgehead atoms. The third-order valence-corrected chi connectivity index (χ3v) is 8.42. The van der Waals surface area contributed by atoms with Crippen molar-refractivity contribution >= 4 is 50.7 Å². The molecule has 0 N–H and O–H groups in total. The van der Waals surface area contributed by atoms with E-state index in [0.29, 0.717) is 0 Å². The van der Waals surface area contributed by atoms with Gasteiger partial charge in [-0.15, -0.1) is 0 Å². The highest BCUT2D eigenvalue weighted by Gasteiger charge is 2.69. The average molecular weight is 431 g/mol. The van der Waals surface area contributed by atoms with Crippen molar-refractivity contribution in [2.75, 3.05) is 0 Å². The van der Waals surface area contributed by atoms with E-state index in [2.05, 4.69) is 78.3 Å². The van der Waals surface area contributed by atoms with Crippen LogP contribution in [0.15, 0.2) is 48.5 Å². The van der Waals surface area contributed by atoms with Gasteiger partial charge < -0.3 is 0 Å². The molecular weight excluding hydrogens is 414 g/mol. The van der Waals surface area contributed by atoms with E-state index >= 15 is 0 Å². The maximum atomic E-state index is 6.57. The molecule has 5 rings (SSSR count). The molecule has 0 fully saturated rings. The zero-order valence-electron chi connectivity index (χ0n) is 12.8. The fourth-order valence-corrected chi connectivity index (χ4v) is 6.92. The molecule has 0 aliphatic heterocycles. The molecule has 0 radical (unpaired) electrons. The minimum absolute atomic E-state index is 0.0387. The second kappa shape index (κ2) is 4.91. The van der Waals surface area contributed by atoms with Crippen LogP contribution < -0.4 is 0 Å². The summed E-state index contributed by atoms with van der Waals surface area (Å²) >= 11 is 23.7. The second-order valence-electron chi connectivity index (χ2n) is 6.90. The van der Waals surface area contributed by atoms with Crippen LogP contribution in [0.25, 0.3) is 0 Å². The molecule has 0 spiro atoms. The van der Waals surface area contributed by atoms with Crippen molar-refractivity contribution in [2.45, 2.75) is 33.8 Å². The summed E-state index contributed by atoms with van der Waals surface area (Å²) in [5, 5.41) is 0. The van der Waals surface area contributed by atoms with E-state index in [4.69, 9.17) is 34.8 Å². The molecule has 0 saturated heterocycles. The zero-order valence-corrected chi connectivity index (χ0v) is 16.6. The van der Waals surface area contributed by atoms with Crippen molar-refractivity contribution in [1.82, 2.24) is 0 Å². The molecule has 0 amide bonds. The smallest absolute Gasteiger partial charge is 0.0838 e. The predicted molar refractivity (Wildman–Crippen MR) is 102 cm³/mol. The van der Waals surface area contributed by atoms with Crippen LogP contribution in [0.5, 0.6) is 0 Å². The highest BCUT2D eigenvalue weighted by Crippen LogP contribution is 2.73. The Balaban J connectivity index is 2.14. The van der Waals surface area contributed by atoms with Crippen LogP contribution in [0.2, 0.25) is 0 Å². The van der Waals surface area contributed by atoms with Crippen molar-refractivity contribution in [1.29, 1.82) is 0 Å². The third kappa shape index (κ3) is 1.86. The van der Waals surface area contributed by atoms with Gasteiger partial charge in [0.25, 0.3) is 0 Å². The van der Waals surface area contributed by atoms with Crippen LogP contribution in [-0.4, -0.2) is 8.12 Å². The molecule has 0 nitrogen and oxygen atoms in total. The minimum atomic E-state index is -1.39. The van der Waals surface area contributed by atoms with Crippen LogP contribution >= 0.6 is 50.7 Å². The van der Waals surface area contributed by atoms with Gasteiger partial charge in [-0.3, -0.25) is 0 Å². The predicted octanol–water partition coefficient (Wildman–Crippen LogP) is 6.81. The van der Waals surface area contributed by atoms with Gasteiger partial charge in [0.05, 0.1) is 0 Å². The van der Waals surface area contributed by atoms with Gasteiger partial charge in [0.15, 0.2) is 3.79 Å². The summed E-state index contributed by atoms with van der Waals surface area (Å²) in [6.45, 7) is 4.26. The Hall–Kier alpha value is -0.210. The lowest BCUT2D eigenvalue weighted by Gasteiger charge is -2.63. The van der Waals surface area contributed by atoms with E-state index in [1.54, 1.807) is 0 Å². The highest BCUT2D eigenvalue weighted by molar-refractivity contribution is 9.10. The molecule has 0 unspecified atom stereocenters. The van der Waals surface area contributed by atoms with Gasteiger partial charge in [-0.25, -0.2) is 0 Å². The summed E-state index contributed by atoms with van der Waals surface area (Å²) in [4.78, 5) is 0. The normalized spacial score (nSPS) is 34.9. The molecule has 2 aromatic rings. The number of alkyl halides is 4. The lowest BCUT2D eigenvalue weighted by Crippen LogP contribution is -2.61. The monoisotopic (exact) mass is 428 g/mol. The first kappa shape index (κ1) is 16.3. The molecule has 23 heavy (non-hydrogen) atoms. The Labute approximate surface area is 160 Å². The van der Waals surface area contributed by atoms with E-state index < -0.39 is 9.21 Å². The highest BCUT2D eigenvalue weighted by atomic mass is 79.9. The van der Waals surface area contributed by atoms with Crippen molar-refractivity contribution < 1.29 is 0 Å². The minimum Gasteiger partial charge on any atom is -0.0838 e. The molecule has 2 atom stereocenters. The van der Waals surface area contributed by atoms with Gasteiger partial charge in [0, 0.05) is 21.6 Å². The average Bonchev–Trinajstić information content (AvgIpc) is 2.49. The number of halogens is 4. The lowest BCUT2D eigenvalue weighted by atomic mass is 9.48. The maximum absolute atomic E-state index is 6.57. The van der Waals surface area contributed by atoms with Crippen molar-refractivity contribution in [3.05, 3.63) is 70.8 Å². The lowest BCUT2D eigenvalue weighted by molar-refractivity contribution is 0.160. The molecule has 3 aliphatic carbocycles. The van der Waals surface area contributed by atoms with Crippen molar-refractivity contribution in [3.63, 3.8) is 0 Å². The van der Waals surface area contributed by atoms with Gasteiger partial charge in [-0.1, -0.05) is 106 Å². The molecule has 120 valence electrons. The summed E-state index contributed by atoms with van der Waals surface area (Å²) in [5.41, 5.74) is 4.66. The maximum Gasteiger partial charge on any atom is 0.198 e. The number of benzene rings is 2. The Bertz CT molecular complexity index is 746. The fourth-order valence-electron chi connectivity index (χ4n) is 4.64. The molecular formula is C19H16BrCl3. The van der Waals surface area contributed by atoms with Crippen LogP contribution in [0.1, 0.15) is 47.9 Å². The van der Waals surface area contributed by atoms with Crippen LogP contribution in [0.4, 0.5) is 0 Å². The second-order valence-corrected chi connectivity index (χ2v) is 10.8. The molecule has 4 heteroatoms. The van der Waals surface area contributed by atoms with E-state index in [-0.39, 0.29) is 16.2 Å². The SMILES string of the molecule is C[C@]1(Br)C2c3ccccc3C(c3ccccc32)[C@]1(C)C(Cl)(Cl)Cl. The summed E-state index contributed by atoms with van der Waals surface area (Å²) in [6.07, 6.45) is 0. The van der Waals surface area contributed by atoms with Crippen LogP contribution in [0, 0.1) is 5.41 Å². The molecule has 0 aromatic heterocycles. The van der Waals surface area contributed by atoms with Gasteiger partial charge in [-0.2, -0.15) is 0 Å². The van der Waals surface area contributed by atoms with Gasteiger partial charge >= 0.3 is 0 Å². The number of hydrogen-bond acceptors (Lipinski definition) is 0. The topological polar surface area (TPSA) is 0 Å².